The van der Waals surface area contributed by atoms with Gasteiger partial charge in [0.25, 0.3) is 5.91 Å². The Morgan fingerprint density at radius 2 is 2.19 bits per heavy atom. The van der Waals surface area contributed by atoms with Crippen molar-refractivity contribution in [2.24, 2.45) is 0 Å². The standard InChI is InChI=1S/C14H17Cl2N3O2/c15-12-4-9(5-13(16)18-12)14(20)17-6-11-7-19-3-1-2-10(19)8-21-11/h4-5,10-11H,1-3,6-8H2,(H,17,20). The number of morpholine rings is 1. The Bertz CT molecular complexity index is 521. The molecule has 2 atom stereocenters. The quantitative estimate of drug-likeness (QED) is 0.861. The second-order valence-corrected chi connectivity index (χ2v) is 6.23. The summed E-state index contributed by atoms with van der Waals surface area (Å²) in [7, 11) is 0. The fourth-order valence-corrected chi connectivity index (χ4v) is 3.37. The topological polar surface area (TPSA) is 54.5 Å². The van der Waals surface area contributed by atoms with E-state index in [1.54, 1.807) is 0 Å². The lowest BCUT2D eigenvalue weighted by Crippen LogP contribution is -2.50. The lowest BCUT2D eigenvalue weighted by atomic mass is 10.2. The van der Waals surface area contributed by atoms with Crippen LogP contribution >= 0.6 is 23.2 Å². The van der Waals surface area contributed by atoms with Crippen molar-refractivity contribution >= 4 is 29.1 Å². The second-order valence-electron chi connectivity index (χ2n) is 5.46. The molecular formula is C14H17Cl2N3O2. The van der Waals surface area contributed by atoms with E-state index in [1.165, 1.54) is 25.0 Å². The number of amides is 1. The maximum atomic E-state index is 12.1. The summed E-state index contributed by atoms with van der Waals surface area (Å²) >= 11 is 11.6. The minimum Gasteiger partial charge on any atom is -0.373 e. The van der Waals surface area contributed by atoms with E-state index in [1.807, 2.05) is 0 Å². The molecule has 7 heteroatoms. The number of rotatable bonds is 3. The maximum absolute atomic E-state index is 12.1. The van der Waals surface area contributed by atoms with Crippen LogP contribution in [0.5, 0.6) is 0 Å². The van der Waals surface area contributed by atoms with Crippen molar-refractivity contribution in [3.8, 4) is 0 Å². The van der Waals surface area contributed by atoms with Crippen molar-refractivity contribution in [1.82, 2.24) is 15.2 Å². The average molecular weight is 330 g/mol. The molecule has 21 heavy (non-hydrogen) atoms. The van der Waals surface area contributed by atoms with Crippen molar-refractivity contribution in [3.63, 3.8) is 0 Å². The van der Waals surface area contributed by atoms with E-state index >= 15 is 0 Å². The van der Waals surface area contributed by atoms with Gasteiger partial charge in [-0.05, 0) is 31.5 Å². The average Bonchev–Trinajstić information content (AvgIpc) is 2.91. The number of pyridine rings is 1. The van der Waals surface area contributed by atoms with E-state index < -0.39 is 0 Å². The van der Waals surface area contributed by atoms with Crippen LogP contribution < -0.4 is 5.32 Å². The van der Waals surface area contributed by atoms with Crippen LogP contribution in [-0.2, 0) is 4.74 Å². The zero-order chi connectivity index (χ0) is 14.8. The zero-order valence-corrected chi connectivity index (χ0v) is 13.0. The largest absolute Gasteiger partial charge is 0.373 e. The van der Waals surface area contributed by atoms with E-state index in [2.05, 4.69) is 15.2 Å². The molecule has 114 valence electrons. The Morgan fingerprint density at radius 3 is 2.95 bits per heavy atom. The molecule has 1 N–H and O–H groups in total. The summed E-state index contributed by atoms with van der Waals surface area (Å²) in [6.45, 7) is 3.25. The van der Waals surface area contributed by atoms with Crippen LogP contribution in [0.2, 0.25) is 10.3 Å². The van der Waals surface area contributed by atoms with Gasteiger partial charge in [-0.3, -0.25) is 9.69 Å². The van der Waals surface area contributed by atoms with Crippen LogP contribution in [0.25, 0.3) is 0 Å². The van der Waals surface area contributed by atoms with Gasteiger partial charge < -0.3 is 10.1 Å². The SMILES string of the molecule is O=C(NCC1CN2CCCC2CO1)c1cc(Cl)nc(Cl)c1. The van der Waals surface area contributed by atoms with Gasteiger partial charge in [-0.25, -0.2) is 4.98 Å². The molecule has 5 nitrogen and oxygen atoms in total. The smallest absolute Gasteiger partial charge is 0.251 e. The molecule has 0 spiro atoms. The first-order valence-corrected chi connectivity index (χ1v) is 7.84. The number of nitrogens with zero attached hydrogens (tertiary/aromatic N) is 2. The molecule has 1 aromatic heterocycles. The van der Waals surface area contributed by atoms with E-state index in [9.17, 15) is 4.79 Å². The van der Waals surface area contributed by atoms with Gasteiger partial charge in [0.1, 0.15) is 10.3 Å². The fourth-order valence-electron chi connectivity index (χ4n) is 2.91. The molecule has 0 aromatic carbocycles. The first kappa shape index (κ1) is 15.0. The highest BCUT2D eigenvalue weighted by atomic mass is 35.5. The van der Waals surface area contributed by atoms with Crippen LogP contribution in [0.3, 0.4) is 0 Å². The van der Waals surface area contributed by atoms with Gasteiger partial charge in [0.05, 0.1) is 12.7 Å². The van der Waals surface area contributed by atoms with Gasteiger partial charge in [0, 0.05) is 24.7 Å². The molecule has 2 saturated heterocycles. The molecule has 2 unspecified atom stereocenters. The summed E-state index contributed by atoms with van der Waals surface area (Å²) in [5.74, 6) is -0.214. The minimum absolute atomic E-state index is 0.0380. The Kier molecular flexibility index (Phi) is 4.64. The lowest BCUT2D eigenvalue weighted by Gasteiger charge is -2.35. The van der Waals surface area contributed by atoms with E-state index in [0.717, 1.165) is 19.7 Å². The maximum Gasteiger partial charge on any atom is 0.251 e. The number of nitrogens with one attached hydrogen (secondary N) is 1. The van der Waals surface area contributed by atoms with Crippen LogP contribution in [0, 0.1) is 0 Å². The number of hydrogen-bond acceptors (Lipinski definition) is 4. The molecule has 1 amide bonds. The van der Waals surface area contributed by atoms with Gasteiger partial charge in [-0.15, -0.1) is 0 Å². The minimum atomic E-state index is -0.214. The van der Waals surface area contributed by atoms with Crippen molar-refractivity contribution in [2.45, 2.75) is 25.0 Å². The van der Waals surface area contributed by atoms with Crippen LogP contribution in [0.1, 0.15) is 23.2 Å². The molecule has 2 aliphatic heterocycles. The van der Waals surface area contributed by atoms with E-state index in [-0.39, 0.29) is 22.3 Å². The third kappa shape index (κ3) is 3.66. The van der Waals surface area contributed by atoms with E-state index in [0.29, 0.717) is 18.2 Å². The van der Waals surface area contributed by atoms with Crippen molar-refractivity contribution in [1.29, 1.82) is 0 Å². The van der Waals surface area contributed by atoms with Crippen LogP contribution in [0.15, 0.2) is 12.1 Å². The summed E-state index contributed by atoms with van der Waals surface area (Å²) in [6.07, 6.45) is 2.49. The fraction of sp³-hybridized carbons (Fsp3) is 0.571. The van der Waals surface area contributed by atoms with Crippen LogP contribution in [0.4, 0.5) is 0 Å². The van der Waals surface area contributed by atoms with Gasteiger partial charge in [0.2, 0.25) is 0 Å². The number of carbonyl (C=O) groups is 1. The molecule has 2 aliphatic rings. The molecule has 0 radical (unpaired) electrons. The second kappa shape index (κ2) is 6.48. The highest BCUT2D eigenvalue weighted by Gasteiger charge is 2.32. The number of halogens is 2. The zero-order valence-electron chi connectivity index (χ0n) is 11.5. The van der Waals surface area contributed by atoms with Crippen LogP contribution in [-0.4, -0.2) is 54.2 Å². The highest BCUT2D eigenvalue weighted by molar-refractivity contribution is 6.33. The molecule has 3 rings (SSSR count). The van der Waals surface area contributed by atoms with E-state index in [4.69, 9.17) is 27.9 Å². The molecule has 0 saturated carbocycles. The van der Waals surface area contributed by atoms with Gasteiger partial charge in [-0.2, -0.15) is 0 Å². The monoisotopic (exact) mass is 329 g/mol. The van der Waals surface area contributed by atoms with Gasteiger partial charge in [-0.1, -0.05) is 23.2 Å². The highest BCUT2D eigenvalue weighted by Crippen LogP contribution is 2.22. The predicted molar refractivity (Wildman–Crippen MR) is 80.9 cm³/mol. The summed E-state index contributed by atoms with van der Waals surface area (Å²) < 4.78 is 5.80. The Labute approximate surface area is 133 Å². The first-order chi connectivity index (χ1) is 10.1. The van der Waals surface area contributed by atoms with Crippen molar-refractivity contribution in [2.75, 3.05) is 26.2 Å². The molecule has 0 aliphatic carbocycles. The van der Waals surface area contributed by atoms with Gasteiger partial charge in [0.15, 0.2) is 0 Å². The molecule has 0 bridgehead atoms. The molecule has 2 fully saturated rings. The number of fused-ring (bicyclic) bond motifs is 1. The predicted octanol–water partition coefficient (Wildman–Crippen LogP) is 1.98. The first-order valence-electron chi connectivity index (χ1n) is 7.09. The molecule has 1 aromatic rings. The number of carbonyl (C=O) groups excluding carboxylic acids is 1. The number of aromatic nitrogens is 1. The summed E-state index contributed by atoms with van der Waals surface area (Å²) in [4.78, 5) is 18.4. The lowest BCUT2D eigenvalue weighted by molar-refractivity contribution is -0.0461. The Balaban J connectivity index is 1.53. The normalized spacial score (nSPS) is 25.6. The molecular weight excluding hydrogens is 313 g/mol. The Hall–Kier alpha value is -0.880. The Morgan fingerprint density at radius 1 is 1.43 bits per heavy atom. The summed E-state index contributed by atoms with van der Waals surface area (Å²) in [5, 5.41) is 3.29. The summed E-state index contributed by atoms with van der Waals surface area (Å²) in [6, 6.07) is 3.57. The molecule has 3 heterocycles. The van der Waals surface area contributed by atoms with Gasteiger partial charge >= 0.3 is 0 Å². The third-order valence-electron chi connectivity index (χ3n) is 3.98. The number of ether oxygens (including phenoxy) is 1. The summed E-state index contributed by atoms with van der Waals surface area (Å²) in [5.41, 5.74) is 0.412. The van der Waals surface area contributed by atoms with Crippen molar-refractivity contribution in [3.05, 3.63) is 28.0 Å². The third-order valence-corrected chi connectivity index (χ3v) is 4.36. The number of hydrogen-bond donors (Lipinski definition) is 1. The van der Waals surface area contributed by atoms with Crippen molar-refractivity contribution < 1.29 is 9.53 Å².